The van der Waals surface area contributed by atoms with Crippen LogP contribution in [-0.2, 0) is 5.60 Å². The highest BCUT2D eigenvalue weighted by Crippen LogP contribution is 2.37. The van der Waals surface area contributed by atoms with Crippen molar-refractivity contribution in [3.05, 3.63) is 35.4 Å². The van der Waals surface area contributed by atoms with Gasteiger partial charge in [0.2, 0.25) is 0 Å². The van der Waals surface area contributed by atoms with Gasteiger partial charge < -0.3 is 5.11 Å². The quantitative estimate of drug-likeness (QED) is 0.758. The summed E-state index contributed by atoms with van der Waals surface area (Å²) in [6.45, 7) is 0. The van der Waals surface area contributed by atoms with Crippen molar-refractivity contribution in [3.8, 4) is 0 Å². The van der Waals surface area contributed by atoms with Crippen molar-refractivity contribution in [1.29, 1.82) is 0 Å². The van der Waals surface area contributed by atoms with Crippen LogP contribution < -0.4 is 0 Å². The highest BCUT2D eigenvalue weighted by molar-refractivity contribution is 5.24. The fraction of sp³-hybridized carbons (Fsp3) is 0.500. The van der Waals surface area contributed by atoms with Crippen LogP contribution in [0.5, 0.6) is 0 Å². The topological polar surface area (TPSA) is 20.2 Å². The van der Waals surface area contributed by atoms with Gasteiger partial charge in [0.15, 0.2) is 11.6 Å². The van der Waals surface area contributed by atoms with Crippen LogP contribution in [0.15, 0.2) is 18.2 Å². The summed E-state index contributed by atoms with van der Waals surface area (Å²) in [5.74, 6) is -1.75. The first-order valence-corrected chi connectivity index (χ1v) is 5.30. The molecule has 0 saturated heterocycles. The summed E-state index contributed by atoms with van der Waals surface area (Å²) < 4.78 is 25.8. The zero-order chi connectivity index (χ0) is 10.9. The summed E-state index contributed by atoms with van der Waals surface area (Å²) >= 11 is 0. The Morgan fingerprint density at radius 3 is 2.27 bits per heavy atom. The van der Waals surface area contributed by atoms with Crippen molar-refractivity contribution in [2.24, 2.45) is 0 Å². The molecule has 0 amide bonds. The SMILES string of the molecule is OC1(c2ccc(F)c(F)c2)CCCCC1. The highest BCUT2D eigenvalue weighted by Gasteiger charge is 2.31. The Morgan fingerprint density at radius 2 is 1.67 bits per heavy atom. The van der Waals surface area contributed by atoms with Gasteiger partial charge in [-0.1, -0.05) is 25.3 Å². The summed E-state index contributed by atoms with van der Waals surface area (Å²) in [6, 6.07) is 3.67. The van der Waals surface area contributed by atoms with Gasteiger partial charge in [0.1, 0.15) is 0 Å². The van der Waals surface area contributed by atoms with E-state index in [0.29, 0.717) is 18.4 Å². The molecule has 0 radical (unpaired) electrons. The van der Waals surface area contributed by atoms with E-state index >= 15 is 0 Å². The van der Waals surface area contributed by atoms with Gasteiger partial charge in [-0.15, -0.1) is 0 Å². The van der Waals surface area contributed by atoms with Crippen LogP contribution in [0.1, 0.15) is 37.7 Å². The first-order valence-electron chi connectivity index (χ1n) is 5.30. The van der Waals surface area contributed by atoms with E-state index in [-0.39, 0.29) is 0 Å². The van der Waals surface area contributed by atoms with E-state index in [1.165, 1.54) is 6.07 Å². The lowest BCUT2D eigenvalue weighted by Gasteiger charge is -2.32. The molecule has 0 atom stereocenters. The minimum Gasteiger partial charge on any atom is -0.385 e. The van der Waals surface area contributed by atoms with Gasteiger partial charge in [0.05, 0.1) is 5.60 Å². The van der Waals surface area contributed by atoms with Crippen LogP contribution in [0, 0.1) is 11.6 Å². The van der Waals surface area contributed by atoms with Crippen LogP contribution in [0.4, 0.5) is 8.78 Å². The lowest BCUT2D eigenvalue weighted by Crippen LogP contribution is -2.28. The van der Waals surface area contributed by atoms with Crippen LogP contribution in [0.25, 0.3) is 0 Å². The van der Waals surface area contributed by atoms with Gasteiger partial charge in [-0.25, -0.2) is 8.78 Å². The molecule has 1 nitrogen and oxygen atoms in total. The standard InChI is InChI=1S/C12H14F2O/c13-10-5-4-9(8-11(10)14)12(15)6-2-1-3-7-12/h4-5,8,15H,1-3,6-7H2. The van der Waals surface area contributed by atoms with E-state index in [4.69, 9.17) is 0 Å². The van der Waals surface area contributed by atoms with E-state index in [1.54, 1.807) is 0 Å². The normalized spacial score (nSPS) is 20.2. The van der Waals surface area contributed by atoms with Crippen molar-refractivity contribution in [2.75, 3.05) is 0 Å². The van der Waals surface area contributed by atoms with Crippen molar-refractivity contribution in [3.63, 3.8) is 0 Å². The summed E-state index contributed by atoms with van der Waals surface area (Å²) in [4.78, 5) is 0. The molecule has 1 aromatic carbocycles. The lowest BCUT2D eigenvalue weighted by atomic mass is 9.80. The molecule has 1 fully saturated rings. The van der Waals surface area contributed by atoms with Crippen molar-refractivity contribution in [1.82, 2.24) is 0 Å². The summed E-state index contributed by atoms with van der Waals surface area (Å²) in [5, 5.41) is 10.3. The van der Waals surface area contributed by atoms with E-state index in [2.05, 4.69) is 0 Å². The third kappa shape index (κ3) is 2.02. The Morgan fingerprint density at radius 1 is 1.00 bits per heavy atom. The molecule has 3 heteroatoms. The summed E-state index contributed by atoms with van der Waals surface area (Å²) in [5.41, 5.74) is -0.451. The maximum atomic E-state index is 13.0. The number of aliphatic hydroxyl groups is 1. The summed E-state index contributed by atoms with van der Waals surface area (Å²) in [7, 11) is 0. The Balaban J connectivity index is 2.31. The van der Waals surface area contributed by atoms with E-state index in [0.717, 1.165) is 31.4 Å². The maximum Gasteiger partial charge on any atom is 0.159 e. The molecule has 1 aliphatic rings. The van der Waals surface area contributed by atoms with Crippen LogP contribution in [-0.4, -0.2) is 5.11 Å². The minimum atomic E-state index is -0.952. The van der Waals surface area contributed by atoms with Crippen LogP contribution >= 0.6 is 0 Å². The molecule has 1 aromatic rings. The average Bonchev–Trinajstić information content (AvgIpc) is 2.23. The second kappa shape index (κ2) is 3.89. The molecule has 0 bridgehead atoms. The van der Waals surface area contributed by atoms with E-state index < -0.39 is 17.2 Å². The third-order valence-electron chi connectivity index (χ3n) is 3.14. The molecule has 0 aromatic heterocycles. The molecule has 0 spiro atoms. The van der Waals surface area contributed by atoms with Gasteiger partial charge >= 0.3 is 0 Å². The monoisotopic (exact) mass is 212 g/mol. The van der Waals surface area contributed by atoms with Gasteiger partial charge in [0, 0.05) is 0 Å². The first kappa shape index (κ1) is 10.6. The largest absolute Gasteiger partial charge is 0.385 e. The Kier molecular flexibility index (Phi) is 2.74. The van der Waals surface area contributed by atoms with Crippen molar-refractivity contribution >= 4 is 0 Å². The summed E-state index contributed by atoms with van der Waals surface area (Å²) in [6.07, 6.45) is 4.26. The van der Waals surface area contributed by atoms with Gasteiger partial charge in [-0.05, 0) is 30.5 Å². The lowest BCUT2D eigenvalue weighted by molar-refractivity contribution is -0.000969. The van der Waals surface area contributed by atoms with E-state index in [9.17, 15) is 13.9 Å². The van der Waals surface area contributed by atoms with Crippen LogP contribution in [0.2, 0.25) is 0 Å². The number of rotatable bonds is 1. The zero-order valence-corrected chi connectivity index (χ0v) is 8.47. The smallest absolute Gasteiger partial charge is 0.159 e. The number of halogens is 2. The Bertz CT molecular complexity index is 357. The second-order valence-electron chi connectivity index (χ2n) is 4.22. The molecule has 1 N–H and O–H groups in total. The molecule has 2 rings (SSSR count). The molecule has 0 unspecified atom stereocenters. The van der Waals surface area contributed by atoms with Crippen molar-refractivity contribution < 1.29 is 13.9 Å². The Hall–Kier alpha value is -0.960. The first-order chi connectivity index (χ1) is 7.12. The minimum absolute atomic E-state index is 0.501. The molecule has 15 heavy (non-hydrogen) atoms. The fourth-order valence-electron chi connectivity index (χ4n) is 2.21. The predicted octanol–water partition coefficient (Wildman–Crippen LogP) is 3.12. The highest BCUT2D eigenvalue weighted by atomic mass is 19.2. The molecule has 0 aliphatic heterocycles. The van der Waals surface area contributed by atoms with Gasteiger partial charge in [-0.3, -0.25) is 0 Å². The molecule has 0 heterocycles. The second-order valence-corrected chi connectivity index (χ2v) is 4.22. The molecule has 82 valence electrons. The molecular formula is C12H14F2O. The predicted molar refractivity (Wildman–Crippen MR) is 53.3 cm³/mol. The molecule has 1 aliphatic carbocycles. The van der Waals surface area contributed by atoms with Crippen molar-refractivity contribution in [2.45, 2.75) is 37.7 Å². The average molecular weight is 212 g/mol. The number of hydrogen-bond donors (Lipinski definition) is 1. The number of benzene rings is 1. The van der Waals surface area contributed by atoms with Gasteiger partial charge in [-0.2, -0.15) is 0 Å². The molecule has 1 saturated carbocycles. The van der Waals surface area contributed by atoms with Gasteiger partial charge in [0.25, 0.3) is 0 Å². The fourth-order valence-corrected chi connectivity index (χ4v) is 2.21. The number of hydrogen-bond acceptors (Lipinski definition) is 1. The van der Waals surface area contributed by atoms with Crippen LogP contribution in [0.3, 0.4) is 0 Å². The van der Waals surface area contributed by atoms with E-state index in [1.807, 2.05) is 0 Å². The Labute approximate surface area is 87.7 Å². The zero-order valence-electron chi connectivity index (χ0n) is 8.47. The third-order valence-corrected chi connectivity index (χ3v) is 3.14. The maximum absolute atomic E-state index is 13.0. The molecular weight excluding hydrogens is 198 g/mol.